The summed E-state index contributed by atoms with van der Waals surface area (Å²) in [6.07, 6.45) is -3.16. The maximum Gasteiger partial charge on any atom is 0.443 e. The predicted octanol–water partition coefficient (Wildman–Crippen LogP) is 4.59. The molecule has 0 unspecified atom stereocenters. The molecule has 0 bridgehead atoms. The zero-order chi connectivity index (χ0) is 14.8. The van der Waals surface area contributed by atoms with Gasteiger partial charge < -0.3 is 5.32 Å². The van der Waals surface area contributed by atoms with Crippen LogP contribution in [0.3, 0.4) is 0 Å². The lowest BCUT2D eigenvalue weighted by Crippen LogP contribution is -2.12. The molecule has 1 heterocycles. The van der Waals surface area contributed by atoms with Crippen LogP contribution in [-0.4, -0.2) is 11.5 Å². The summed E-state index contributed by atoms with van der Waals surface area (Å²) in [4.78, 5) is 3.90. The van der Waals surface area contributed by atoms with Gasteiger partial charge in [-0.2, -0.15) is 13.2 Å². The van der Waals surface area contributed by atoms with Crippen LogP contribution in [0, 0.1) is 0 Å². The van der Waals surface area contributed by atoms with Gasteiger partial charge in [-0.3, -0.25) is 0 Å². The van der Waals surface area contributed by atoms with Gasteiger partial charge in [0.25, 0.3) is 0 Å². The van der Waals surface area contributed by atoms with Crippen molar-refractivity contribution in [3.05, 3.63) is 40.0 Å². The SMILES string of the molecule is CCNCc1cc(-c2cnc(C(F)(F)F)s2)ccc1Cl. The maximum atomic E-state index is 12.5. The molecule has 0 atom stereocenters. The van der Waals surface area contributed by atoms with E-state index in [1.54, 1.807) is 18.2 Å². The molecule has 0 aliphatic rings. The molecule has 20 heavy (non-hydrogen) atoms. The molecule has 1 aromatic heterocycles. The molecule has 108 valence electrons. The summed E-state index contributed by atoms with van der Waals surface area (Å²) in [7, 11) is 0. The second-order valence-electron chi connectivity index (χ2n) is 4.11. The third-order valence-corrected chi connectivity index (χ3v) is 4.10. The summed E-state index contributed by atoms with van der Waals surface area (Å²) in [5.74, 6) is 0. The fourth-order valence-corrected chi connectivity index (χ4v) is 2.63. The van der Waals surface area contributed by atoms with E-state index < -0.39 is 11.2 Å². The first-order valence-corrected chi connectivity index (χ1v) is 7.13. The van der Waals surface area contributed by atoms with E-state index in [1.165, 1.54) is 6.20 Å². The average molecular weight is 321 g/mol. The van der Waals surface area contributed by atoms with Gasteiger partial charge in [0.1, 0.15) is 0 Å². The minimum absolute atomic E-state index is 0.478. The van der Waals surface area contributed by atoms with Gasteiger partial charge >= 0.3 is 6.18 Å². The average Bonchev–Trinajstić information content (AvgIpc) is 2.87. The van der Waals surface area contributed by atoms with E-state index in [0.717, 1.165) is 12.1 Å². The van der Waals surface area contributed by atoms with Crippen molar-refractivity contribution in [1.82, 2.24) is 10.3 Å². The minimum Gasteiger partial charge on any atom is -0.313 e. The summed E-state index contributed by atoms with van der Waals surface area (Å²) < 4.78 is 37.6. The molecule has 0 saturated heterocycles. The highest BCUT2D eigenvalue weighted by atomic mass is 35.5. The molecule has 0 aliphatic carbocycles. The van der Waals surface area contributed by atoms with E-state index in [-0.39, 0.29) is 0 Å². The Labute approximate surface area is 123 Å². The third-order valence-electron chi connectivity index (χ3n) is 2.64. The lowest BCUT2D eigenvalue weighted by molar-refractivity contribution is -0.137. The number of alkyl halides is 3. The van der Waals surface area contributed by atoms with Crippen molar-refractivity contribution < 1.29 is 13.2 Å². The highest BCUT2D eigenvalue weighted by Gasteiger charge is 2.34. The van der Waals surface area contributed by atoms with E-state index in [1.807, 2.05) is 6.92 Å². The van der Waals surface area contributed by atoms with Crippen molar-refractivity contribution in [3.8, 4) is 10.4 Å². The summed E-state index contributed by atoms with van der Waals surface area (Å²) >= 11 is 6.70. The number of hydrogen-bond acceptors (Lipinski definition) is 3. The fourth-order valence-electron chi connectivity index (χ4n) is 1.66. The van der Waals surface area contributed by atoms with Crippen LogP contribution in [-0.2, 0) is 12.7 Å². The molecule has 2 nitrogen and oxygen atoms in total. The molecule has 2 aromatic rings. The molecule has 0 fully saturated rings. The maximum absolute atomic E-state index is 12.5. The van der Waals surface area contributed by atoms with Crippen LogP contribution in [0.4, 0.5) is 13.2 Å². The van der Waals surface area contributed by atoms with Crippen LogP contribution in [0.5, 0.6) is 0 Å². The number of aromatic nitrogens is 1. The monoisotopic (exact) mass is 320 g/mol. The standard InChI is InChI=1S/C13H12ClF3N2S/c1-2-18-6-9-5-8(3-4-10(9)14)11-7-19-12(20-11)13(15,16)17/h3-5,7,18H,2,6H2,1H3. The Balaban J connectivity index is 2.31. The van der Waals surface area contributed by atoms with Gasteiger partial charge in [-0.05, 0) is 29.8 Å². The van der Waals surface area contributed by atoms with Crippen LogP contribution in [0.2, 0.25) is 5.02 Å². The van der Waals surface area contributed by atoms with Gasteiger partial charge in [0.05, 0.1) is 4.88 Å². The van der Waals surface area contributed by atoms with Crippen LogP contribution >= 0.6 is 22.9 Å². The third kappa shape index (κ3) is 3.50. The van der Waals surface area contributed by atoms with E-state index in [2.05, 4.69) is 10.3 Å². The first kappa shape index (κ1) is 15.3. The molecule has 0 saturated carbocycles. The van der Waals surface area contributed by atoms with E-state index >= 15 is 0 Å². The van der Waals surface area contributed by atoms with E-state index in [0.29, 0.717) is 33.3 Å². The topological polar surface area (TPSA) is 24.9 Å². The van der Waals surface area contributed by atoms with Crippen molar-refractivity contribution >= 4 is 22.9 Å². The lowest BCUT2D eigenvalue weighted by atomic mass is 10.1. The molecule has 0 aliphatic heterocycles. The van der Waals surface area contributed by atoms with Gasteiger partial charge in [0, 0.05) is 17.8 Å². The summed E-state index contributed by atoms with van der Waals surface area (Å²) in [6, 6.07) is 5.18. The Kier molecular flexibility index (Phi) is 4.67. The van der Waals surface area contributed by atoms with Gasteiger partial charge in [0.2, 0.25) is 0 Å². The van der Waals surface area contributed by atoms with Crippen molar-refractivity contribution in [1.29, 1.82) is 0 Å². The number of halogens is 4. The summed E-state index contributed by atoms with van der Waals surface area (Å²) in [6.45, 7) is 3.34. The van der Waals surface area contributed by atoms with Crippen LogP contribution in [0.1, 0.15) is 17.5 Å². The highest BCUT2D eigenvalue weighted by Crippen LogP contribution is 2.37. The molecule has 7 heteroatoms. The lowest BCUT2D eigenvalue weighted by Gasteiger charge is -2.07. The smallest absolute Gasteiger partial charge is 0.313 e. The zero-order valence-electron chi connectivity index (χ0n) is 10.6. The number of nitrogens with one attached hydrogen (secondary N) is 1. The number of thiazole rings is 1. The van der Waals surface area contributed by atoms with Crippen molar-refractivity contribution in [3.63, 3.8) is 0 Å². The Morgan fingerprint density at radius 3 is 2.70 bits per heavy atom. The molecule has 0 amide bonds. The molecule has 1 aromatic carbocycles. The molecular weight excluding hydrogens is 309 g/mol. The Morgan fingerprint density at radius 1 is 1.35 bits per heavy atom. The van der Waals surface area contributed by atoms with Crippen molar-refractivity contribution in [2.24, 2.45) is 0 Å². The normalized spacial score (nSPS) is 11.8. The van der Waals surface area contributed by atoms with Crippen LogP contribution < -0.4 is 5.32 Å². The van der Waals surface area contributed by atoms with E-state index in [4.69, 9.17) is 11.6 Å². The Bertz CT molecular complexity index is 596. The molecule has 0 spiro atoms. The second kappa shape index (κ2) is 6.11. The van der Waals surface area contributed by atoms with E-state index in [9.17, 15) is 13.2 Å². The fraction of sp³-hybridized carbons (Fsp3) is 0.308. The van der Waals surface area contributed by atoms with Gasteiger partial charge in [-0.1, -0.05) is 24.6 Å². The second-order valence-corrected chi connectivity index (χ2v) is 5.55. The Morgan fingerprint density at radius 2 is 2.10 bits per heavy atom. The van der Waals surface area contributed by atoms with Crippen molar-refractivity contribution in [2.75, 3.05) is 6.54 Å². The highest BCUT2D eigenvalue weighted by molar-refractivity contribution is 7.15. The zero-order valence-corrected chi connectivity index (χ0v) is 12.2. The first-order valence-electron chi connectivity index (χ1n) is 5.94. The number of nitrogens with zero attached hydrogens (tertiary/aromatic N) is 1. The van der Waals surface area contributed by atoms with Gasteiger partial charge in [0.15, 0.2) is 5.01 Å². The molecule has 0 radical (unpaired) electrons. The largest absolute Gasteiger partial charge is 0.443 e. The molecule has 1 N–H and O–H groups in total. The summed E-state index contributed by atoms with van der Waals surface area (Å²) in [5, 5.41) is 2.89. The minimum atomic E-state index is -4.40. The molecule has 2 rings (SSSR count). The van der Waals surface area contributed by atoms with Crippen LogP contribution in [0.25, 0.3) is 10.4 Å². The van der Waals surface area contributed by atoms with Crippen LogP contribution in [0.15, 0.2) is 24.4 Å². The number of hydrogen-bond donors (Lipinski definition) is 1. The molecular formula is C13H12ClF3N2S. The quantitative estimate of drug-likeness (QED) is 0.891. The first-order chi connectivity index (χ1) is 9.41. The van der Waals surface area contributed by atoms with Gasteiger partial charge in [-0.15, -0.1) is 11.3 Å². The number of rotatable bonds is 4. The predicted molar refractivity (Wildman–Crippen MR) is 74.9 cm³/mol. The Hall–Kier alpha value is -1.11. The van der Waals surface area contributed by atoms with Gasteiger partial charge in [-0.25, -0.2) is 4.98 Å². The summed E-state index contributed by atoms with van der Waals surface area (Å²) in [5.41, 5.74) is 1.54. The number of benzene rings is 1. The van der Waals surface area contributed by atoms with Crippen molar-refractivity contribution in [2.45, 2.75) is 19.6 Å².